The molecule has 1 aliphatic rings. The first-order valence-electron chi connectivity index (χ1n) is 9.18. The molecule has 1 aromatic heterocycles. The van der Waals surface area contributed by atoms with Crippen molar-refractivity contribution in [2.45, 2.75) is 13.5 Å². The van der Waals surface area contributed by atoms with E-state index in [2.05, 4.69) is 31.1 Å². The van der Waals surface area contributed by atoms with Gasteiger partial charge in [-0.25, -0.2) is 4.98 Å². The summed E-state index contributed by atoms with van der Waals surface area (Å²) in [5.74, 6) is 1.82. The number of benzene rings is 1. The lowest BCUT2D eigenvalue weighted by Gasteiger charge is -2.28. The van der Waals surface area contributed by atoms with E-state index in [-0.39, 0.29) is 5.91 Å². The molecule has 0 radical (unpaired) electrons. The standard InChI is InChI=1S/C20H24BrN3O4/c1-3-28-19-16(21)11-15(12-17(19)26-2)20(25)23-13-14-4-5-22-18(10-14)24-6-8-27-9-7-24/h4-5,10-12H,3,6-9,13H2,1-2H3,(H,23,25). The minimum Gasteiger partial charge on any atom is -0.493 e. The molecule has 0 aliphatic carbocycles. The van der Waals surface area contributed by atoms with Gasteiger partial charge in [0, 0.05) is 31.4 Å². The van der Waals surface area contributed by atoms with Crippen LogP contribution in [0, 0.1) is 0 Å². The fraction of sp³-hybridized carbons (Fsp3) is 0.400. The van der Waals surface area contributed by atoms with Gasteiger partial charge in [-0.2, -0.15) is 0 Å². The predicted octanol–water partition coefficient (Wildman–Crippen LogP) is 3.02. The zero-order valence-electron chi connectivity index (χ0n) is 16.0. The Morgan fingerprint density at radius 2 is 2.11 bits per heavy atom. The van der Waals surface area contributed by atoms with Gasteiger partial charge in [0.1, 0.15) is 5.82 Å². The van der Waals surface area contributed by atoms with E-state index in [1.54, 1.807) is 25.4 Å². The molecule has 7 nitrogen and oxygen atoms in total. The Kier molecular flexibility index (Phi) is 7.11. The molecule has 1 amide bonds. The molecular formula is C20H24BrN3O4. The second-order valence-electron chi connectivity index (χ2n) is 6.23. The highest BCUT2D eigenvalue weighted by atomic mass is 79.9. The molecule has 0 spiro atoms. The molecule has 1 aromatic carbocycles. The van der Waals surface area contributed by atoms with Crippen LogP contribution in [0.15, 0.2) is 34.9 Å². The molecule has 3 rings (SSSR count). The lowest BCUT2D eigenvalue weighted by atomic mass is 10.1. The van der Waals surface area contributed by atoms with Gasteiger partial charge in [0.2, 0.25) is 0 Å². The molecule has 8 heteroatoms. The van der Waals surface area contributed by atoms with Crippen LogP contribution < -0.4 is 19.7 Å². The van der Waals surface area contributed by atoms with Gasteiger partial charge in [0.05, 0.1) is 31.4 Å². The maximum atomic E-state index is 12.6. The Morgan fingerprint density at radius 3 is 2.82 bits per heavy atom. The molecule has 0 saturated carbocycles. The van der Waals surface area contributed by atoms with E-state index in [1.807, 2.05) is 19.1 Å². The van der Waals surface area contributed by atoms with E-state index < -0.39 is 0 Å². The molecule has 1 fully saturated rings. The number of rotatable bonds is 7. The zero-order valence-corrected chi connectivity index (χ0v) is 17.6. The van der Waals surface area contributed by atoms with Crippen molar-refractivity contribution in [3.8, 4) is 11.5 Å². The monoisotopic (exact) mass is 449 g/mol. The van der Waals surface area contributed by atoms with Gasteiger partial charge in [-0.05, 0) is 52.7 Å². The predicted molar refractivity (Wildman–Crippen MR) is 110 cm³/mol. The second kappa shape index (κ2) is 9.75. The van der Waals surface area contributed by atoms with Gasteiger partial charge in [-0.15, -0.1) is 0 Å². The van der Waals surface area contributed by atoms with E-state index in [0.29, 0.717) is 47.9 Å². The normalized spacial score (nSPS) is 13.9. The second-order valence-corrected chi connectivity index (χ2v) is 7.08. The third kappa shape index (κ3) is 4.94. The number of pyridine rings is 1. The highest BCUT2D eigenvalue weighted by Crippen LogP contribution is 2.36. The number of carbonyl (C=O) groups is 1. The molecule has 150 valence electrons. The number of nitrogens with one attached hydrogen (secondary N) is 1. The summed E-state index contributed by atoms with van der Waals surface area (Å²) in [5.41, 5.74) is 1.48. The molecule has 2 aromatic rings. The Balaban J connectivity index is 1.68. The zero-order chi connectivity index (χ0) is 19.9. The van der Waals surface area contributed by atoms with Crippen LogP contribution in [0.3, 0.4) is 0 Å². The summed E-state index contributed by atoms with van der Waals surface area (Å²) in [6.07, 6.45) is 1.77. The van der Waals surface area contributed by atoms with Gasteiger partial charge in [-0.3, -0.25) is 4.79 Å². The number of nitrogens with zero attached hydrogens (tertiary/aromatic N) is 2. The Labute approximate surface area is 173 Å². The quantitative estimate of drug-likeness (QED) is 0.700. The van der Waals surface area contributed by atoms with E-state index in [9.17, 15) is 4.79 Å². The average Bonchev–Trinajstić information content (AvgIpc) is 2.74. The van der Waals surface area contributed by atoms with E-state index in [1.165, 1.54) is 0 Å². The Hall–Kier alpha value is -2.32. The number of ether oxygens (including phenoxy) is 3. The van der Waals surface area contributed by atoms with Gasteiger partial charge in [0.15, 0.2) is 11.5 Å². The molecule has 2 heterocycles. The first kappa shape index (κ1) is 20.4. The molecule has 1 saturated heterocycles. The molecule has 1 N–H and O–H groups in total. The number of halogens is 1. The largest absolute Gasteiger partial charge is 0.493 e. The Bertz CT molecular complexity index is 825. The van der Waals surface area contributed by atoms with Gasteiger partial charge < -0.3 is 24.4 Å². The Morgan fingerprint density at radius 1 is 1.32 bits per heavy atom. The van der Waals surface area contributed by atoms with Crippen LogP contribution in [0.2, 0.25) is 0 Å². The summed E-state index contributed by atoms with van der Waals surface area (Å²) in [6, 6.07) is 7.31. The van der Waals surface area contributed by atoms with Crippen LogP contribution in [-0.4, -0.2) is 50.9 Å². The number of methoxy groups -OCH3 is 1. The molecular weight excluding hydrogens is 426 g/mol. The maximum Gasteiger partial charge on any atom is 0.251 e. The van der Waals surface area contributed by atoms with Crippen molar-refractivity contribution in [1.82, 2.24) is 10.3 Å². The van der Waals surface area contributed by atoms with E-state index in [0.717, 1.165) is 24.5 Å². The number of anilines is 1. The highest BCUT2D eigenvalue weighted by molar-refractivity contribution is 9.10. The SMILES string of the molecule is CCOc1c(Br)cc(C(=O)NCc2ccnc(N3CCOCC3)c2)cc1OC. The van der Waals surface area contributed by atoms with E-state index in [4.69, 9.17) is 14.2 Å². The first-order valence-corrected chi connectivity index (χ1v) is 9.97. The fourth-order valence-corrected chi connectivity index (χ4v) is 3.51. The topological polar surface area (TPSA) is 72.9 Å². The summed E-state index contributed by atoms with van der Waals surface area (Å²) < 4.78 is 17.0. The number of amides is 1. The molecule has 28 heavy (non-hydrogen) atoms. The smallest absolute Gasteiger partial charge is 0.251 e. The maximum absolute atomic E-state index is 12.6. The lowest BCUT2D eigenvalue weighted by molar-refractivity contribution is 0.0950. The van der Waals surface area contributed by atoms with Crippen LogP contribution >= 0.6 is 15.9 Å². The summed E-state index contributed by atoms with van der Waals surface area (Å²) in [4.78, 5) is 19.2. The van der Waals surface area contributed by atoms with Gasteiger partial charge in [0.25, 0.3) is 5.91 Å². The third-order valence-electron chi connectivity index (χ3n) is 4.38. The van der Waals surface area contributed by atoms with Crippen LogP contribution in [0.4, 0.5) is 5.82 Å². The number of aromatic nitrogens is 1. The van der Waals surface area contributed by atoms with Crippen LogP contribution in [-0.2, 0) is 11.3 Å². The molecule has 0 bridgehead atoms. The van der Waals surface area contributed by atoms with Crippen molar-refractivity contribution in [3.63, 3.8) is 0 Å². The van der Waals surface area contributed by atoms with Crippen molar-refractivity contribution >= 4 is 27.7 Å². The average molecular weight is 450 g/mol. The molecule has 1 aliphatic heterocycles. The van der Waals surface area contributed by atoms with Crippen LogP contribution in [0.25, 0.3) is 0 Å². The minimum atomic E-state index is -0.188. The van der Waals surface area contributed by atoms with Crippen molar-refractivity contribution in [3.05, 3.63) is 46.1 Å². The first-order chi connectivity index (χ1) is 13.6. The summed E-state index contributed by atoms with van der Waals surface area (Å²) in [5, 5.41) is 2.95. The minimum absolute atomic E-state index is 0.188. The number of hydrogen-bond donors (Lipinski definition) is 1. The van der Waals surface area contributed by atoms with Gasteiger partial charge in [-0.1, -0.05) is 0 Å². The van der Waals surface area contributed by atoms with Crippen molar-refractivity contribution in [1.29, 1.82) is 0 Å². The summed E-state index contributed by atoms with van der Waals surface area (Å²) in [6.45, 7) is 5.87. The third-order valence-corrected chi connectivity index (χ3v) is 4.97. The van der Waals surface area contributed by atoms with Crippen molar-refractivity contribution < 1.29 is 19.0 Å². The summed E-state index contributed by atoms with van der Waals surface area (Å²) in [7, 11) is 1.55. The van der Waals surface area contributed by atoms with Crippen molar-refractivity contribution in [2.75, 3.05) is 44.9 Å². The molecule has 0 atom stereocenters. The summed E-state index contributed by atoms with van der Waals surface area (Å²) >= 11 is 3.45. The number of carbonyl (C=O) groups excluding carboxylic acids is 1. The lowest BCUT2D eigenvalue weighted by Crippen LogP contribution is -2.36. The molecule has 0 unspecified atom stereocenters. The van der Waals surface area contributed by atoms with Crippen LogP contribution in [0.5, 0.6) is 11.5 Å². The number of hydrogen-bond acceptors (Lipinski definition) is 6. The highest BCUT2D eigenvalue weighted by Gasteiger charge is 2.16. The van der Waals surface area contributed by atoms with Crippen LogP contribution in [0.1, 0.15) is 22.8 Å². The van der Waals surface area contributed by atoms with E-state index >= 15 is 0 Å². The van der Waals surface area contributed by atoms with Gasteiger partial charge >= 0.3 is 0 Å². The van der Waals surface area contributed by atoms with Crippen molar-refractivity contribution in [2.24, 2.45) is 0 Å². The fourth-order valence-electron chi connectivity index (χ4n) is 2.96. The number of morpholine rings is 1.